The number of amides is 2. The lowest BCUT2D eigenvalue weighted by molar-refractivity contribution is -0.274. The molecule has 2 amide bonds. The van der Waals surface area contributed by atoms with E-state index in [2.05, 4.69) is 38.8 Å². The Bertz CT molecular complexity index is 1220. The maximum absolute atomic E-state index is 13.5. The molecular formula is C32H38F3N3O3. The van der Waals surface area contributed by atoms with Crippen molar-refractivity contribution in [2.24, 2.45) is 17.3 Å². The third-order valence-electron chi connectivity index (χ3n) is 9.62. The smallest absolute Gasteiger partial charge is 0.406 e. The molecule has 4 fully saturated rings. The molecule has 2 atom stereocenters. The number of carbonyl (C=O) groups is 2. The highest BCUT2D eigenvalue weighted by atomic mass is 19.4. The first-order valence-electron chi connectivity index (χ1n) is 14.9. The van der Waals surface area contributed by atoms with Gasteiger partial charge in [-0.25, -0.2) is 0 Å². The van der Waals surface area contributed by atoms with Gasteiger partial charge in [0.15, 0.2) is 0 Å². The van der Waals surface area contributed by atoms with Gasteiger partial charge in [-0.3, -0.25) is 9.59 Å². The zero-order valence-corrected chi connectivity index (χ0v) is 23.3. The van der Waals surface area contributed by atoms with Crippen LogP contribution in [0.5, 0.6) is 5.75 Å². The molecular weight excluding hydrogens is 531 g/mol. The first-order valence-corrected chi connectivity index (χ1v) is 14.9. The van der Waals surface area contributed by atoms with E-state index in [4.69, 9.17) is 0 Å². The second kappa shape index (κ2) is 11.3. The fourth-order valence-corrected chi connectivity index (χ4v) is 7.06. The standard InChI is InChI=1S/C32H38F3N3O3/c33-32(34,35)41-27-10-8-24(9-11-27)19-37-17-14-31(30(37)40)12-15-36(16-13-31)20-26-21-38(29(39)18-23-6-7-23)22-28(26)25-4-2-1-3-5-25/h1-5,8-11,23,26,28H,6-7,12-22H2. The zero-order chi connectivity index (χ0) is 28.6. The molecule has 3 aliphatic heterocycles. The van der Waals surface area contributed by atoms with E-state index in [0.717, 1.165) is 57.5 Å². The number of alkyl halides is 3. The van der Waals surface area contributed by atoms with E-state index < -0.39 is 6.36 Å². The predicted molar refractivity (Wildman–Crippen MR) is 148 cm³/mol. The molecule has 2 aromatic carbocycles. The van der Waals surface area contributed by atoms with Gasteiger partial charge in [-0.05, 0) is 80.3 Å². The summed E-state index contributed by atoms with van der Waals surface area (Å²) in [6.45, 7) is 5.28. The molecule has 2 aromatic rings. The summed E-state index contributed by atoms with van der Waals surface area (Å²) in [5.74, 6) is 1.48. The molecule has 2 unspecified atom stereocenters. The van der Waals surface area contributed by atoms with Crippen molar-refractivity contribution in [3.8, 4) is 5.75 Å². The summed E-state index contributed by atoms with van der Waals surface area (Å²) in [5, 5.41) is 0. The van der Waals surface area contributed by atoms with Gasteiger partial charge in [0.25, 0.3) is 0 Å². The van der Waals surface area contributed by atoms with Crippen LogP contribution in [0.15, 0.2) is 54.6 Å². The van der Waals surface area contributed by atoms with Gasteiger partial charge in [0.1, 0.15) is 5.75 Å². The molecule has 0 N–H and O–H groups in total. The van der Waals surface area contributed by atoms with Gasteiger partial charge in [-0.15, -0.1) is 13.2 Å². The van der Waals surface area contributed by atoms with Crippen LogP contribution in [-0.4, -0.2) is 72.1 Å². The number of hydrogen-bond acceptors (Lipinski definition) is 4. The predicted octanol–water partition coefficient (Wildman–Crippen LogP) is 5.44. The van der Waals surface area contributed by atoms with Crippen molar-refractivity contribution in [1.29, 1.82) is 0 Å². The van der Waals surface area contributed by atoms with Gasteiger partial charge in [0.2, 0.25) is 11.8 Å². The van der Waals surface area contributed by atoms with Gasteiger partial charge in [-0.1, -0.05) is 42.5 Å². The van der Waals surface area contributed by atoms with Crippen LogP contribution in [0.2, 0.25) is 0 Å². The van der Waals surface area contributed by atoms with E-state index in [9.17, 15) is 22.8 Å². The Kier molecular flexibility index (Phi) is 7.74. The number of piperidine rings is 1. The van der Waals surface area contributed by atoms with E-state index in [1.54, 1.807) is 12.1 Å². The minimum atomic E-state index is -4.72. The Morgan fingerprint density at radius 1 is 0.927 bits per heavy atom. The Labute approximate surface area is 239 Å². The number of nitrogens with zero attached hydrogens (tertiary/aromatic N) is 3. The first kappa shape index (κ1) is 28.1. The zero-order valence-electron chi connectivity index (χ0n) is 23.3. The number of carbonyl (C=O) groups excluding carboxylic acids is 2. The number of hydrogen-bond donors (Lipinski definition) is 0. The van der Waals surface area contributed by atoms with Crippen LogP contribution in [0.3, 0.4) is 0 Å². The van der Waals surface area contributed by atoms with Crippen LogP contribution in [0.1, 0.15) is 55.6 Å². The van der Waals surface area contributed by atoms with Crippen molar-refractivity contribution in [2.45, 2.75) is 57.3 Å². The highest BCUT2D eigenvalue weighted by Gasteiger charge is 2.48. The molecule has 4 aliphatic rings. The second-order valence-electron chi connectivity index (χ2n) is 12.5. The van der Waals surface area contributed by atoms with Crippen LogP contribution in [0.4, 0.5) is 13.2 Å². The SMILES string of the molecule is O=C(CC1CC1)N1CC(CN2CCC3(CC2)CCN(Cc2ccc(OC(F)(F)F)cc2)C3=O)C(c2ccccc2)C1. The quantitative estimate of drug-likeness (QED) is 0.425. The Morgan fingerprint density at radius 3 is 2.27 bits per heavy atom. The fourth-order valence-electron chi connectivity index (χ4n) is 7.06. The van der Waals surface area contributed by atoms with E-state index in [1.165, 1.54) is 30.5 Å². The minimum absolute atomic E-state index is 0.160. The second-order valence-corrected chi connectivity index (χ2v) is 12.5. The molecule has 6 rings (SSSR count). The summed E-state index contributed by atoms with van der Waals surface area (Å²) in [6, 6.07) is 16.3. The van der Waals surface area contributed by atoms with Crippen molar-refractivity contribution in [2.75, 3.05) is 39.3 Å². The molecule has 41 heavy (non-hydrogen) atoms. The van der Waals surface area contributed by atoms with Crippen molar-refractivity contribution < 1.29 is 27.5 Å². The molecule has 0 bridgehead atoms. The van der Waals surface area contributed by atoms with Crippen LogP contribution < -0.4 is 4.74 Å². The maximum Gasteiger partial charge on any atom is 0.573 e. The highest BCUT2D eigenvalue weighted by molar-refractivity contribution is 5.85. The number of halogens is 3. The minimum Gasteiger partial charge on any atom is -0.406 e. The molecule has 9 heteroatoms. The van der Waals surface area contributed by atoms with Gasteiger partial charge < -0.3 is 19.4 Å². The molecule has 1 saturated carbocycles. The molecule has 0 aromatic heterocycles. The van der Waals surface area contributed by atoms with Gasteiger partial charge >= 0.3 is 6.36 Å². The average Bonchev–Trinajstić information content (AvgIpc) is 3.59. The molecule has 6 nitrogen and oxygen atoms in total. The van der Waals surface area contributed by atoms with Crippen LogP contribution in [0, 0.1) is 17.3 Å². The maximum atomic E-state index is 13.5. The van der Waals surface area contributed by atoms with E-state index >= 15 is 0 Å². The molecule has 0 radical (unpaired) electrons. The monoisotopic (exact) mass is 569 g/mol. The normalized spacial score (nSPS) is 24.8. The van der Waals surface area contributed by atoms with Crippen molar-refractivity contribution in [1.82, 2.24) is 14.7 Å². The Balaban J connectivity index is 1.04. The van der Waals surface area contributed by atoms with Crippen molar-refractivity contribution >= 4 is 11.8 Å². The number of rotatable bonds is 8. The summed E-state index contributed by atoms with van der Waals surface area (Å²) < 4.78 is 41.3. The van der Waals surface area contributed by atoms with Crippen LogP contribution >= 0.6 is 0 Å². The van der Waals surface area contributed by atoms with Crippen LogP contribution in [-0.2, 0) is 16.1 Å². The molecule has 220 valence electrons. The highest BCUT2D eigenvalue weighted by Crippen LogP contribution is 2.43. The van der Waals surface area contributed by atoms with Gasteiger partial charge in [0.05, 0.1) is 5.41 Å². The first-order chi connectivity index (χ1) is 19.7. The van der Waals surface area contributed by atoms with Gasteiger partial charge in [-0.2, -0.15) is 0 Å². The van der Waals surface area contributed by atoms with Gasteiger partial charge in [0, 0.05) is 45.1 Å². The lowest BCUT2D eigenvalue weighted by Crippen LogP contribution is -2.46. The topological polar surface area (TPSA) is 53.1 Å². The number of benzene rings is 2. The summed E-state index contributed by atoms with van der Waals surface area (Å²) in [6.07, 6.45) is 0.765. The number of likely N-dealkylation sites (tertiary alicyclic amines) is 3. The van der Waals surface area contributed by atoms with Crippen LogP contribution in [0.25, 0.3) is 0 Å². The lowest BCUT2D eigenvalue weighted by Gasteiger charge is -2.39. The molecule has 1 spiro atoms. The van der Waals surface area contributed by atoms with E-state index in [-0.39, 0.29) is 17.1 Å². The molecule has 1 aliphatic carbocycles. The average molecular weight is 570 g/mol. The van der Waals surface area contributed by atoms with Crippen molar-refractivity contribution in [3.05, 3.63) is 65.7 Å². The largest absolute Gasteiger partial charge is 0.573 e. The number of ether oxygens (including phenoxy) is 1. The van der Waals surface area contributed by atoms with E-state index in [1.807, 2.05) is 11.0 Å². The third-order valence-corrected chi connectivity index (χ3v) is 9.62. The Morgan fingerprint density at radius 2 is 1.61 bits per heavy atom. The molecule has 3 saturated heterocycles. The van der Waals surface area contributed by atoms with Crippen molar-refractivity contribution in [3.63, 3.8) is 0 Å². The summed E-state index contributed by atoms with van der Waals surface area (Å²) in [7, 11) is 0. The molecule has 3 heterocycles. The van der Waals surface area contributed by atoms with E-state index in [0.29, 0.717) is 43.2 Å². The summed E-state index contributed by atoms with van der Waals surface area (Å²) >= 11 is 0. The summed E-state index contributed by atoms with van der Waals surface area (Å²) in [4.78, 5) is 32.9. The fraction of sp³-hybridized carbons (Fsp3) is 0.562. The summed E-state index contributed by atoms with van der Waals surface area (Å²) in [5.41, 5.74) is 1.74. The third kappa shape index (κ3) is 6.55. The Hall–Kier alpha value is -3.07. The lowest BCUT2D eigenvalue weighted by atomic mass is 9.76.